The van der Waals surface area contributed by atoms with Crippen molar-refractivity contribution in [3.8, 4) is 0 Å². The van der Waals surface area contributed by atoms with E-state index in [9.17, 15) is 4.79 Å². The Morgan fingerprint density at radius 1 is 1.22 bits per heavy atom. The Morgan fingerprint density at radius 3 is 1.94 bits per heavy atom. The van der Waals surface area contributed by atoms with Gasteiger partial charge in [0.05, 0.1) is 12.1 Å². The van der Waals surface area contributed by atoms with Gasteiger partial charge in [-0.05, 0) is 25.2 Å². The Bertz CT molecular complexity index is 309. The summed E-state index contributed by atoms with van der Waals surface area (Å²) in [5, 5.41) is 0. The molecule has 0 rings (SSSR count). The fourth-order valence-electron chi connectivity index (χ4n) is 1.83. The molecule has 0 saturated heterocycles. The molecule has 0 aliphatic carbocycles. The standard InChI is InChI=1S/C15H30N2O/c1-10(2)9-12(11(3)4)17(8)14(18)13(16)15(5,6)7/h9,11-13H,16H2,1-8H3/t12-,13-/m1/s1. The summed E-state index contributed by atoms with van der Waals surface area (Å²) in [6.07, 6.45) is 2.14. The van der Waals surface area contributed by atoms with E-state index in [0.717, 1.165) is 0 Å². The minimum atomic E-state index is -0.464. The molecule has 0 saturated carbocycles. The Hall–Kier alpha value is -0.830. The van der Waals surface area contributed by atoms with Crippen molar-refractivity contribution in [2.45, 2.75) is 60.5 Å². The van der Waals surface area contributed by atoms with Crippen LogP contribution in [-0.4, -0.2) is 29.9 Å². The lowest BCUT2D eigenvalue weighted by molar-refractivity contribution is -0.135. The highest BCUT2D eigenvalue weighted by Gasteiger charge is 2.32. The summed E-state index contributed by atoms with van der Waals surface area (Å²) < 4.78 is 0. The highest BCUT2D eigenvalue weighted by Crippen LogP contribution is 2.21. The van der Waals surface area contributed by atoms with Gasteiger partial charge >= 0.3 is 0 Å². The maximum atomic E-state index is 12.4. The molecule has 0 bridgehead atoms. The van der Waals surface area contributed by atoms with Gasteiger partial charge in [0.15, 0.2) is 0 Å². The van der Waals surface area contributed by atoms with Crippen LogP contribution in [0.4, 0.5) is 0 Å². The van der Waals surface area contributed by atoms with Gasteiger partial charge in [0, 0.05) is 7.05 Å². The maximum Gasteiger partial charge on any atom is 0.240 e. The molecular weight excluding hydrogens is 224 g/mol. The quantitative estimate of drug-likeness (QED) is 0.784. The lowest BCUT2D eigenvalue weighted by Gasteiger charge is -2.35. The molecule has 0 fully saturated rings. The van der Waals surface area contributed by atoms with Gasteiger partial charge in [0.25, 0.3) is 0 Å². The molecule has 0 aliphatic heterocycles. The van der Waals surface area contributed by atoms with Gasteiger partial charge in [-0.15, -0.1) is 0 Å². The van der Waals surface area contributed by atoms with Crippen LogP contribution in [-0.2, 0) is 4.79 Å². The topological polar surface area (TPSA) is 46.3 Å². The molecule has 106 valence electrons. The largest absolute Gasteiger partial charge is 0.338 e. The summed E-state index contributed by atoms with van der Waals surface area (Å²) in [6, 6.07) is -0.356. The van der Waals surface area contributed by atoms with Crippen molar-refractivity contribution in [2.75, 3.05) is 7.05 Å². The normalized spacial score (nSPS) is 15.2. The molecule has 3 nitrogen and oxygen atoms in total. The van der Waals surface area contributed by atoms with Crippen LogP contribution in [0.15, 0.2) is 11.6 Å². The summed E-state index contributed by atoms with van der Waals surface area (Å²) in [6.45, 7) is 14.3. The molecule has 0 heterocycles. The minimum absolute atomic E-state index is 0.0127. The Labute approximate surface area is 112 Å². The highest BCUT2D eigenvalue weighted by atomic mass is 16.2. The van der Waals surface area contributed by atoms with Crippen LogP contribution < -0.4 is 5.73 Å². The molecule has 0 aliphatic rings. The van der Waals surface area contributed by atoms with Crippen molar-refractivity contribution in [2.24, 2.45) is 17.1 Å². The van der Waals surface area contributed by atoms with E-state index in [0.29, 0.717) is 5.92 Å². The van der Waals surface area contributed by atoms with Gasteiger partial charge in [-0.25, -0.2) is 0 Å². The first-order chi connectivity index (χ1) is 7.98. The van der Waals surface area contributed by atoms with Gasteiger partial charge < -0.3 is 10.6 Å². The average molecular weight is 254 g/mol. The predicted octanol–water partition coefficient (Wildman–Crippen LogP) is 2.81. The zero-order chi connectivity index (χ0) is 14.7. The van der Waals surface area contributed by atoms with E-state index in [-0.39, 0.29) is 17.4 Å². The van der Waals surface area contributed by atoms with Crippen LogP contribution >= 0.6 is 0 Å². The number of hydrogen-bond donors (Lipinski definition) is 1. The Morgan fingerprint density at radius 2 is 1.67 bits per heavy atom. The number of likely N-dealkylation sites (N-methyl/N-ethyl adjacent to an activating group) is 1. The van der Waals surface area contributed by atoms with E-state index in [1.165, 1.54) is 5.57 Å². The van der Waals surface area contributed by atoms with Gasteiger partial charge in [-0.2, -0.15) is 0 Å². The highest BCUT2D eigenvalue weighted by molar-refractivity contribution is 5.82. The van der Waals surface area contributed by atoms with Crippen LogP contribution in [0.5, 0.6) is 0 Å². The molecule has 0 aromatic heterocycles. The molecule has 2 atom stereocenters. The first-order valence-electron chi connectivity index (χ1n) is 6.65. The number of carbonyl (C=O) groups is 1. The summed E-state index contributed by atoms with van der Waals surface area (Å²) in [4.78, 5) is 14.2. The van der Waals surface area contributed by atoms with E-state index >= 15 is 0 Å². The summed E-state index contributed by atoms with van der Waals surface area (Å²) in [5.41, 5.74) is 7.06. The summed E-state index contributed by atoms with van der Waals surface area (Å²) in [7, 11) is 1.85. The third-order valence-electron chi connectivity index (χ3n) is 3.18. The van der Waals surface area contributed by atoms with Crippen LogP contribution in [0.1, 0.15) is 48.5 Å². The average Bonchev–Trinajstić information content (AvgIpc) is 2.20. The smallest absolute Gasteiger partial charge is 0.240 e. The van der Waals surface area contributed by atoms with Crippen molar-refractivity contribution < 1.29 is 4.79 Å². The molecule has 0 aromatic carbocycles. The molecule has 3 heteroatoms. The van der Waals surface area contributed by atoms with Crippen LogP contribution in [0.25, 0.3) is 0 Å². The van der Waals surface area contributed by atoms with E-state index in [2.05, 4.69) is 33.8 Å². The number of amides is 1. The van der Waals surface area contributed by atoms with Crippen molar-refractivity contribution in [3.63, 3.8) is 0 Å². The second-order valence-corrected chi connectivity index (χ2v) is 6.77. The maximum absolute atomic E-state index is 12.4. The molecule has 0 radical (unpaired) electrons. The number of nitrogens with zero attached hydrogens (tertiary/aromatic N) is 1. The fourth-order valence-corrected chi connectivity index (χ4v) is 1.83. The lowest BCUT2D eigenvalue weighted by atomic mass is 9.86. The lowest BCUT2D eigenvalue weighted by Crippen LogP contribution is -2.52. The van der Waals surface area contributed by atoms with E-state index in [1.54, 1.807) is 4.90 Å². The minimum Gasteiger partial charge on any atom is -0.338 e. The summed E-state index contributed by atoms with van der Waals surface area (Å²) >= 11 is 0. The fraction of sp³-hybridized carbons (Fsp3) is 0.800. The molecular formula is C15H30N2O. The number of nitrogens with two attached hydrogens (primary N) is 1. The number of carbonyl (C=O) groups excluding carboxylic acids is 1. The Balaban J connectivity index is 5.05. The molecule has 18 heavy (non-hydrogen) atoms. The van der Waals surface area contributed by atoms with Crippen molar-refractivity contribution in [1.82, 2.24) is 4.90 Å². The van der Waals surface area contributed by atoms with Gasteiger partial charge in [0.2, 0.25) is 5.91 Å². The first-order valence-corrected chi connectivity index (χ1v) is 6.65. The van der Waals surface area contributed by atoms with Gasteiger partial charge in [-0.3, -0.25) is 4.79 Å². The zero-order valence-electron chi connectivity index (χ0n) is 13.2. The van der Waals surface area contributed by atoms with Crippen molar-refractivity contribution in [1.29, 1.82) is 0 Å². The Kier molecular flexibility index (Phi) is 6.08. The number of rotatable bonds is 4. The molecule has 0 aromatic rings. The second-order valence-electron chi connectivity index (χ2n) is 6.77. The van der Waals surface area contributed by atoms with Crippen LogP contribution in [0.2, 0.25) is 0 Å². The first kappa shape index (κ1) is 17.2. The predicted molar refractivity (Wildman–Crippen MR) is 78.3 cm³/mol. The van der Waals surface area contributed by atoms with E-state index in [1.807, 2.05) is 27.8 Å². The number of allylic oxidation sites excluding steroid dienone is 1. The molecule has 2 N–H and O–H groups in total. The van der Waals surface area contributed by atoms with Gasteiger partial charge in [0.1, 0.15) is 0 Å². The van der Waals surface area contributed by atoms with Crippen molar-refractivity contribution >= 4 is 5.91 Å². The molecule has 0 unspecified atom stereocenters. The monoisotopic (exact) mass is 254 g/mol. The zero-order valence-corrected chi connectivity index (χ0v) is 13.2. The molecule has 1 amide bonds. The SMILES string of the molecule is CC(C)=C[C@H](C(C)C)N(C)C(=O)[C@@H](N)C(C)(C)C. The summed E-state index contributed by atoms with van der Waals surface area (Å²) in [5.74, 6) is 0.389. The van der Waals surface area contributed by atoms with Crippen LogP contribution in [0, 0.1) is 11.3 Å². The van der Waals surface area contributed by atoms with Crippen molar-refractivity contribution in [3.05, 3.63) is 11.6 Å². The van der Waals surface area contributed by atoms with Gasteiger partial charge in [-0.1, -0.05) is 46.3 Å². The third-order valence-corrected chi connectivity index (χ3v) is 3.18. The van der Waals surface area contributed by atoms with E-state index in [4.69, 9.17) is 5.73 Å². The third kappa shape index (κ3) is 4.81. The van der Waals surface area contributed by atoms with Crippen LogP contribution in [0.3, 0.4) is 0 Å². The second kappa shape index (κ2) is 6.37. The molecule has 0 spiro atoms. The van der Waals surface area contributed by atoms with E-state index < -0.39 is 6.04 Å². The number of hydrogen-bond acceptors (Lipinski definition) is 2.